The van der Waals surface area contributed by atoms with E-state index in [1.54, 1.807) is 0 Å². The van der Waals surface area contributed by atoms with Crippen molar-refractivity contribution < 1.29 is 33.2 Å². The highest BCUT2D eigenvalue weighted by molar-refractivity contribution is 7.46. The van der Waals surface area contributed by atoms with Gasteiger partial charge in [0.15, 0.2) is 0 Å². The lowest BCUT2D eigenvalue weighted by molar-refractivity contribution is -0.138. The van der Waals surface area contributed by atoms with Crippen LogP contribution in [0.2, 0.25) is 0 Å². The molecule has 8 nitrogen and oxygen atoms in total. The maximum Gasteiger partial charge on any atom is 0.469 e. The summed E-state index contributed by atoms with van der Waals surface area (Å²) in [6.45, 7) is 2.74. The lowest BCUT2D eigenvalue weighted by atomic mass is 10.4. The van der Waals surface area contributed by atoms with Crippen LogP contribution >= 0.6 is 7.82 Å². The fourth-order valence-corrected chi connectivity index (χ4v) is 1.08. The third-order valence-corrected chi connectivity index (χ3v) is 1.94. The Morgan fingerprint density at radius 3 is 2.53 bits per heavy atom. The number of carbonyl (C=O) groups excluding carboxylic acids is 2. The van der Waals surface area contributed by atoms with E-state index >= 15 is 0 Å². The minimum atomic E-state index is -4.50. The molecule has 0 aromatic carbocycles. The number of hydrogen-bond acceptors (Lipinski definition) is 5. The highest BCUT2D eigenvalue weighted by Gasteiger charge is 2.12. The number of phosphoric ester groups is 1. The van der Waals surface area contributed by atoms with E-state index in [0.29, 0.717) is 0 Å². The van der Waals surface area contributed by atoms with Gasteiger partial charge in [-0.05, 0) is 0 Å². The Hall–Kier alpha value is -1.21. The number of amides is 1. The smallest absolute Gasteiger partial charge is 0.462 e. The first-order valence-corrected chi connectivity index (χ1v) is 6.14. The standard InChI is InChI=1S/C8H14NO7P/c1-2-8(11)15-5-3-7(10)9-4-6-16-17(12,13)14/h2H,1,3-6H2,(H,9,10)(H2,12,13,14). The van der Waals surface area contributed by atoms with Crippen LogP contribution in [0.1, 0.15) is 6.42 Å². The molecule has 0 atom stereocenters. The van der Waals surface area contributed by atoms with E-state index in [4.69, 9.17) is 9.79 Å². The van der Waals surface area contributed by atoms with Gasteiger partial charge in [-0.3, -0.25) is 9.32 Å². The molecule has 0 bridgehead atoms. The molecular weight excluding hydrogens is 253 g/mol. The number of nitrogens with one attached hydrogen (secondary N) is 1. The molecule has 0 unspecified atom stereocenters. The zero-order valence-electron chi connectivity index (χ0n) is 9.00. The summed E-state index contributed by atoms with van der Waals surface area (Å²) in [5, 5.41) is 2.32. The third-order valence-electron chi connectivity index (χ3n) is 1.42. The quantitative estimate of drug-likeness (QED) is 0.231. The highest BCUT2D eigenvalue weighted by Crippen LogP contribution is 2.34. The Morgan fingerprint density at radius 1 is 1.35 bits per heavy atom. The lowest BCUT2D eigenvalue weighted by Crippen LogP contribution is -2.28. The number of carbonyl (C=O) groups is 2. The molecule has 0 spiro atoms. The van der Waals surface area contributed by atoms with Gasteiger partial charge in [-0.1, -0.05) is 6.58 Å². The van der Waals surface area contributed by atoms with Crippen molar-refractivity contribution in [2.24, 2.45) is 0 Å². The molecular formula is C8H14NO7P. The predicted molar refractivity (Wildman–Crippen MR) is 56.8 cm³/mol. The number of rotatable bonds is 8. The van der Waals surface area contributed by atoms with Gasteiger partial charge in [0, 0.05) is 12.6 Å². The van der Waals surface area contributed by atoms with E-state index < -0.39 is 19.7 Å². The summed E-state index contributed by atoms with van der Waals surface area (Å²) in [6.07, 6.45) is 0.932. The average molecular weight is 267 g/mol. The van der Waals surface area contributed by atoms with Gasteiger partial charge < -0.3 is 19.8 Å². The van der Waals surface area contributed by atoms with Gasteiger partial charge in [-0.15, -0.1) is 0 Å². The summed E-state index contributed by atoms with van der Waals surface area (Å²) in [5.74, 6) is -1.04. The van der Waals surface area contributed by atoms with Crippen molar-refractivity contribution in [2.45, 2.75) is 6.42 Å². The van der Waals surface area contributed by atoms with Crippen molar-refractivity contribution in [2.75, 3.05) is 19.8 Å². The average Bonchev–Trinajstić information content (AvgIpc) is 2.23. The molecule has 0 aromatic rings. The minimum Gasteiger partial charge on any atom is -0.462 e. The largest absolute Gasteiger partial charge is 0.469 e. The van der Waals surface area contributed by atoms with Crippen LogP contribution in [0.5, 0.6) is 0 Å². The monoisotopic (exact) mass is 267 g/mol. The number of ether oxygens (including phenoxy) is 1. The molecule has 0 rings (SSSR count). The fourth-order valence-electron chi connectivity index (χ4n) is 0.747. The van der Waals surface area contributed by atoms with Gasteiger partial charge in [-0.2, -0.15) is 0 Å². The molecule has 0 saturated carbocycles. The second-order valence-corrected chi connectivity index (χ2v) is 4.03. The van der Waals surface area contributed by atoms with Crippen molar-refractivity contribution in [1.29, 1.82) is 0 Å². The van der Waals surface area contributed by atoms with Gasteiger partial charge in [-0.25, -0.2) is 9.36 Å². The summed E-state index contributed by atoms with van der Waals surface area (Å²) in [5.41, 5.74) is 0. The lowest BCUT2D eigenvalue weighted by Gasteiger charge is -2.06. The molecule has 1 amide bonds. The Labute approximate surface area is 97.8 Å². The molecule has 0 aliphatic rings. The summed E-state index contributed by atoms with van der Waals surface area (Å²) in [4.78, 5) is 38.3. The molecule has 0 heterocycles. The van der Waals surface area contributed by atoms with E-state index in [1.165, 1.54) is 0 Å². The number of hydrogen-bond donors (Lipinski definition) is 3. The molecule has 98 valence electrons. The minimum absolute atomic E-state index is 0.0423. The topological polar surface area (TPSA) is 122 Å². The van der Waals surface area contributed by atoms with Crippen LogP contribution in [0.25, 0.3) is 0 Å². The van der Waals surface area contributed by atoms with E-state index in [-0.39, 0.29) is 26.2 Å². The molecule has 0 fully saturated rings. The Morgan fingerprint density at radius 2 is 2.00 bits per heavy atom. The molecule has 3 N–H and O–H groups in total. The van der Waals surface area contributed by atoms with Gasteiger partial charge in [0.25, 0.3) is 0 Å². The van der Waals surface area contributed by atoms with Crippen molar-refractivity contribution in [3.8, 4) is 0 Å². The maximum absolute atomic E-state index is 11.1. The van der Waals surface area contributed by atoms with Crippen LogP contribution in [-0.4, -0.2) is 41.4 Å². The zero-order valence-corrected chi connectivity index (χ0v) is 9.89. The highest BCUT2D eigenvalue weighted by atomic mass is 31.2. The summed E-state index contributed by atoms with van der Waals surface area (Å²) in [6, 6.07) is 0. The van der Waals surface area contributed by atoms with Gasteiger partial charge in [0.2, 0.25) is 5.91 Å². The van der Waals surface area contributed by atoms with Gasteiger partial charge in [0.05, 0.1) is 13.0 Å². The van der Waals surface area contributed by atoms with E-state index in [9.17, 15) is 14.2 Å². The van der Waals surface area contributed by atoms with Crippen LogP contribution in [0.15, 0.2) is 12.7 Å². The Bertz CT molecular complexity index is 324. The van der Waals surface area contributed by atoms with Crippen molar-refractivity contribution >= 4 is 19.7 Å². The third kappa shape index (κ3) is 11.1. The summed E-state index contributed by atoms with van der Waals surface area (Å²) >= 11 is 0. The van der Waals surface area contributed by atoms with Crippen molar-refractivity contribution in [3.05, 3.63) is 12.7 Å². The van der Waals surface area contributed by atoms with Crippen LogP contribution < -0.4 is 5.32 Å². The predicted octanol–water partition coefficient (Wildman–Crippen LogP) is -0.669. The normalized spacial score (nSPS) is 10.7. The molecule has 0 aliphatic carbocycles. The molecule has 9 heteroatoms. The van der Waals surface area contributed by atoms with Crippen LogP contribution in [0.4, 0.5) is 0 Å². The first-order chi connectivity index (χ1) is 7.85. The SMILES string of the molecule is C=CC(=O)OCCC(=O)NCCOP(=O)(O)O. The van der Waals surface area contributed by atoms with E-state index in [0.717, 1.165) is 6.08 Å². The maximum atomic E-state index is 11.1. The van der Waals surface area contributed by atoms with Gasteiger partial charge >= 0.3 is 13.8 Å². The van der Waals surface area contributed by atoms with Gasteiger partial charge in [0.1, 0.15) is 6.61 Å². The second kappa shape index (κ2) is 7.97. The number of esters is 1. The Kier molecular flexibility index (Phi) is 7.40. The Balaban J connectivity index is 3.51. The van der Waals surface area contributed by atoms with E-state index in [2.05, 4.69) is 21.2 Å². The van der Waals surface area contributed by atoms with Crippen LogP contribution in [0, 0.1) is 0 Å². The molecule has 0 aromatic heterocycles. The zero-order chi connectivity index (χ0) is 13.3. The first-order valence-electron chi connectivity index (χ1n) is 4.61. The van der Waals surface area contributed by atoms with Crippen LogP contribution in [-0.2, 0) is 23.4 Å². The summed E-state index contributed by atoms with van der Waals surface area (Å²) < 4.78 is 18.9. The van der Waals surface area contributed by atoms with Crippen molar-refractivity contribution in [3.63, 3.8) is 0 Å². The van der Waals surface area contributed by atoms with E-state index in [1.807, 2.05) is 0 Å². The molecule has 0 aliphatic heterocycles. The molecule has 0 saturated heterocycles. The fraction of sp³-hybridized carbons (Fsp3) is 0.500. The second-order valence-electron chi connectivity index (χ2n) is 2.80. The molecule has 17 heavy (non-hydrogen) atoms. The molecule has 0 radical (unpaired) electrons. The summed E-state index contributed by atoms with van der Waals surface area (Å²) in [7, 11) is -4.50. The first kappa shape index (κ1) is 15.8. The van der Waals surface area contributed by atoms with Crippen molar-refractivity contribution in [1.82, 2.24) is 5.32 Å². The van der Waals surface area contributed by atoms with Crippen LogP contribution in [0.3, 0.4) is 0 Å². The number of phosphoric acid groups is 1.